The highest BCUT2D eigenvalue weighted by molar-refractivity contribution is 5.84. The molecule has 1 unspecified atom stereocenters. The number of hydrogen-bond donors (Lipinski definition) is 2. The third-order valence-corrected chi connectivity index (χ3v) is 2.43. The highest BCUT2D eigenvalue weighted by Crippen LogP contribution is 2.27. The van der Waals surface area contributed by atoms with Crippen LogP contribution in [0, 0.1) is 6.92 Å². The van der Waals surface area contributed by atoms with Gasteiger partial charge in [0.1, 0.15) is 6.04 Å². The molecule has 0 spiro atoms. The van der Waals surface area contributed by atoms with E-state index in [1.165, 1.54) is 14.0 Å². The Bertz CT molecular complexity index is 472. The van der Waals surface area contributed by atoms with Crippen molar-refractivity contribution < 1.29 is 24.2 Å². The molecule has 1 rings (SSSR count). The summed E-state index contributed by atoms with van der Waals surface area (Å²) < 4.78 is 10.4. The van der Waals surface area contributed by atoms with E-state index in [0.29, 0.717) is 11.5 Å². The van der Waals surface area contributed by atoms with Crippen molar-refractivity contribution in [3.05, 3.63) is 23.8 Å². The Kier molecular flexibility index (Phi) is 5.17. The van der Waals surface area contributed by atoms with E-state index in [1.54, 1.807) is 12.1 Å². The lowest BCUT2D eigenvalue weighted by Gasteiger charge is -2.12. The van der Waals surface area contributed by atoms with Gasteiger partial charge in [0.15, 0.2) is 18.1 Å². The van der Waals surface area contributed by atoms with Gasteiger partial charge < -0.3 is 19.9 Å². The van der Waals surface area contributed by atoms with Crippen molar-refractivity contribution in [1.29, 1.82) is 0 Å². The average molecular weight is 267 g/mol. The normalized spacial score (nSPS) is 11.5. The zero-order chi connectivity index (χ0) is 14.4. The summed E-state index contributed by atoms with van der Waals surface area (Å²) in [7, 11) is 1.51. The fourth-order valence-electron chi connectivity index (χ4n) is 1.38. The van der Waals surface area contributed by atoms with Gasteiger partial charge in [-0.2, -0.15) is 0 Å². The van der Waals surface area contributed by atoms with Gasteiger partial charge in [-0.05, 0) is 31.5 Å². The van der Waals surface area contributed by atoms with Crippen LogP contribution in [-0.2, 0) is 9.59 Å². The Morgan fingerprint density at radius 2 is 2.05 bits per heavy atom. The average Bonchev–Trinajstić information content (AvgIpc) is 2.36. The zero-order valence-corrected chi connectivity index (χ0v) is 11.1. The first-order chi connectivity index (χ1) is 8.93. The number of carboxylic acid groups (broad SMARTS) is 1. The Hall–Kier alpha value is -2.24. The number of benzene rings is 1. The molecule has 0 aliphatic heterocycles. The quantitative estimate of drug-likeness (QED) is 0.802. The number of hydrogen-bond acceptors (Lipinski definition) is 4. The molecular weight excluding hydrogens is 250 g/mol. The van der Waals surface area contributed by atoms with Crippen LogP contribution in [0.15, 0.2) is 18.2 Å². The van der Waals surface area contributed by atoms with E-state index in [9.17, 15) is 9.59 Å². The second-order valence-electron chi connectivity index (χ2n) is 4.07. The van der Waals surface area contributed by atoms with Crippen molar-refractivity contribution in [2.45, 2.75) is 19.9 Å². The molecular formula is C13H17NO5. The molecule has 104 valence electrons. The Morgan fingerprint density at radius 3 is 2.63 bits per heavy atom. The molecule has 0 bridgehead atoms. The van der Waals surface area contributed by atoms with Gasteiger partial charge in [0, 0.05) is 0 Å². The Balaban J connectivity index is 2.57. The standard InChI is InChI=1S/C13H17NO5/c1-8-4-5-10(11(6-8)18-3)19-7-12(15)14-9(2)13(16)17/h4-6,9H,7H2,1-3H3,(H,14,15)(H,16,17). The molecule has 0 radical (unpaired) electrons. The third kappa shape index (κ3) is 4.50. The fourth-order valence-corrected chi connectivity index (χ4v) is 1.38. The van der Waals surface area contributed by atoms with Gasteiger partial charge in [0.05, 0.1) is 7.11 Å². The molecule has 0 fully saturated rings. The molecule has 0 aromatic heterocycles. The van der Waals surface area contributed by atoms with Gasteiger partial charge in [0.2, 0.25) is 0 Å². The first kappa shape index (κ1) is 14.8. The van der Waals surface area contributed by atoms with Gasteiger partial charge in [-0.15, -0.1) is 0 Å². The number of aliphatic carboxylic acids is 1. The summed E-state index contributed by atoms with van der Waals surface area (Å²) in [6.45, 7) is 3.03. The maximum atomic E-state index is 11.5. The lowest BCUT2D eigenvalue weighted by molar-refractivity contribution is -0.141. The second-order valence-corrected chi connectivity index (χ2v) is 4.07. The van der Waals surface area contributed by atoms with Crippen LogP contribution in [0.25, 0.3) is 0 Å². The van der Waals surface area contributed by atoms with Gasteiger partial charge in [-0.3, -0.25) is 9.59 Å². The molecule has 1 aromatic carbocycles. The van der Waals surface area contributed by atoms with Crippen LogP contribution in [0.5, 0.6) is 11.5 Å². The van der Waals surface area contributed by atoms with Gasteiger partial charge in [0.25, 0.3) is 5.91 Å². The van der Waals surface area contributed by atoms with Gasteiger partial charge in [-0.1, -0.05) is 6.07 Å². The second kappa shape index (κ2) is 6.63. The number of carbonyl (C=O) groups is 2. The topological polar surface area (TPSA) is 84.9 Å². The summed E-state index contributed by atoms with van der Waals surface area (Å²) in [6, 6.07) is 4.36. The molecule has 1 atom stereocenters. The third-order valence-electron chi connectivity index (χ3n) is 2.43. The summed E-state index contributed by atoms with van der Waals surface area (Å²) in [6.07, 6.45) is 0. The zero-order valence-electron chi connectivity index (χ0n) is 11.1. The van der Waals surface area contributed by atoms with Crippen molar-refractivity contribution in [3.63, 3.8) is 0 Å². The molecule has 0 saturated heterocycles. The number of ether oxygens (including phenoxy) is 2. The van der Waals surface area contributed by atoms with E-state index in [4.69, 9.17) is 14.6 Å². The van der Waals surface area contributed by atoms with Crippen LogP contribution in [0.4, 0.5) is 0 Å². The predicted molar refractivity (Wildman–Crippen MR) is 68.5 cm³/mol. The molecule has 0 heterocycles. The number of amides is 1. The molecule has 0 aliphatic rings. The minimum atomic E-state index is -1.10. The van der Waals surface area contributed by atoms with Crippen molar-refractivity contribution in [2.75, 3.05) is 13.7 Å². The van der Waals surface area contributed by atoms with Crippen molar-refractivity contribution in [2.24, 2.45) is 0 Å². The Morgan fingerprint density at radius 1 is 1.37 bits per heavy atom. The van der Waals surface area contributed by atoms with E-state index < -0.39 is 17.9 Å². The van der Waals surface area contributed by atoms with Crippen LogP contribution >= 0.6 is 0 Å². The van der Waals surface area contributed by atoms with Gasteiger partial charge in [-0.25, -0.2) is 0 Å². The minimum Gasteiger partial charge on any atom is -0.493 e. The number of carboxylic acids is 1. The molecule has 0 saturated carbocycles. The summed E-state index contributed by atoms with van der Waals surface area (Å²) in [5.41, 5.74) is 1.01. The van der Waals surface area contributed by atoms with Crippen LogP contribution in [0.2, 0.25) is 0 Å². The Labute approximate surface area is 111 Å². The van der Waals surface area contributed by atoms with E-state index >= 15 is 0 Å². The highest BCUT2D eigenvalue weighted by atomic mass is 16.5. The van der Waals surface area contributed by atoms with Crippen LogP contribution < -0.4 is 14.8 Å². The first-order valence-electron chi connectivity index (χ1n) is 5.73. The molecule has 19 heavy (non-hydrogen) atoms. The lowest BCUT2D eigenvalue weighted by Crippen LogP contribution is -2.40. The number of methoxy groups -OCH3 is 1. The predicted octanol–water partition coefficient (Wildman–Crippen LogP) is 0.972. The smallest absolute Gasteiger partial charge is 0.325 e. The fraction of sp³-hybridized carbons (Fsp3) is 0.385. The molecule has 2 N–H and O–H groups in total. The molecule has 0 aliphatic carbocycles. The molecule has 1 aromatic rings. The molecule has 6 heteroatoms. The summed E-state index contributed by atoms with van der Waals surface area (Å²) in [5, 5.41) is 10.9. The first-order valence-corrected chi connectivity index (χ1v) is 5.73. The number of aryl methyl sites for hydroxylation is 1. The molecule has 1 amide bonds. The SMILES string of the molecule is COc1cc(C)ccc1OCC(=O)NC(C)C(=O)O. The summed E-state index contributed by atoms with van der Waals surface area (Å²) in [4.78, 5) is 22.0. The minimum absolute atomic E-state index is 0.267. The number of carbonyl (C=O) groups excluding carboxylic acids is 1. The van der Waals surface area contributed by atoms with Crippen LogP contribution in [0.3, 0.4) is 0 Å². The maximum absolute atomic E-state index is 11.5. The van der Waals surface area contributed by atoms with E-state index in [-0.39, 0.29) is 6.61 Å². The maximum Gasteiger partial charge on any atom is 0.325 e. The monoisotopic (exact) mass is 267 g/mol. The van der Waals surface area contributed by atoms with Gasteiger partial charge >= 0.3 is 5.97 Å². The van der Waals surface area contributed by atoms with Crippen molar-refractivity contribution in [3.8, 4) is 11.5 Å². The van der Waals surface area contributed by atoms with Crippen molar-refractivity contribution in [1.82, 2.24) is 5.32 Å². The van der Waals surface area contributed by atoms with E-state index in [2.05, 4.69) is 5.32 Å². The van der Waals surface area contributed by atoms with E-state index in [0.717, 1.165) is 5.56 Å². The number of rotatable bonds is 6. The molecule has 6 nitrogen and oxygen atoms in total. The van der Waals surface area contributed by atoms with E-state index in [1.807, 2.05) is 13.0 Å². The largest absolute Gasteiger partial charge is 0.493 e. The number of nitrogens with one attached hydrogen (secondary N) is 1. The highest BCUT2D eigenvalue weighted by Gasteiger charge is 2.14. The summed E-state index contributed by atoms with van der Waals surface area (Å²) >= 11 is 0. The van der Waals surface area contributed by atoms with Crippen LogP contribution in [-0.4, -0.2) is 36.7 Å². The summed E-state index contributed by atoms with van der Waals surface area (Å²) in [5.74, 6) is -0.635. The van der Waals surface area contributed by atoms with Crippen LogP contribution in [0.1, 0.15) is 12.5 Å². The van der Waals surface area contributed by atoms with Crippen molar-refractivity contribution >= 4 is 11.9 Å². The lowest BCUT2D eigenvalue weighted by atomic mass is 10.2.